The van der Waals surface area contributed by atoms with Crippen molar-refractivity contribution in [3.05, 3.63) is 0 Å². The molecule has 15 nitrogen and oxygen atoms in total. The molecule has 24 heavy (non-hydrogen) atoms. The van der Waals surface area contributed by atoms with Gasteiger partial charge in [-0.2, -0.15) is 25.3 Å². The standard InChI is InChI=1S/C6H12O15S3/c7-1-3(8)5(9)6(21-24(16,17)18)4(20-23(13,14)15)2-19-22(10,11)12/h1,3-6,8-9H,2H2,(H,10,11,12)(H,13,14,15)(H,16,17,18)/t3-,4+,5+,6-/m0/s1. The van der Waals surface area contributed by atoms with E-state index < -0.39 is 62.2 Å². The Kier molecular flexibility index (Phi) is 8.25. The van der Waals surface area contributed by atoms with Crippen LogP contribution in [-0.2, 0) is 48.5 Å². The van der Waals surface area contributed by atoms with Crippen molar-refractivity contribution in [2.45, 2.75) is 24.4 Å². The maximum Gasteiger partial charge on any atom is 0.397 e. The van der Waals surface area contributed by atoms with E-state index in [9.17, 15) is 35.2 Å². The molecule has 0 saturated heterocycles. The first-order valence-electron chi connectivity index (χ1n) is 5.30. The molecule has 18 heteroatoms. The molecule has 0 saturated carbocycles. The van der Waals surface area contributed by atoms with Crippen molar-refractivity contribution in [3.63, 3.8) is 0 Å². The highest BCUT2D eigenvalue weighted by molar-refractivity contribution is 7.81. The van der Waals surface area contributed by atoms with Crippen LogP contribution >= 0.6 is 0 Å². The summed E-state index contributed by atoms with van der Waals surface area (Å²) >= 11 is 0. The van der Waals surface area contributed by atoms with Crippen LogP contribution in [0, 0.1) is 0 Å². The molecule has 0 amide bonds. The Bertz CT molecular complexity index is 719. The smallest absolute Gasteiger partial charge is 0.387 e. The second-order valence-corrected chi connectivity index (χ2v) is 7.07. The monoisotopic (exact) mass is 420 g/mol. The van der Waals surface area contributed by atoms with E-state index in [1.165, 1.54) is 0 Å². The molecule has 0 fully saturated rings. The minimum absolute atomic E-state index is 0.362. The lowest BCUT2D eigenvalue weighted by atomic mass is 10.0. The number of carbonyl (C=O) groups excluding carboxylic acids is 1. The summed E-state index contributed by atoms with van der Waals surface area (Å²) in [6.07, 6.45) is -10.6. The fraction of sp³-hybridized carbons (Fsp3) is 0.833. The first kappa shape index (κ1) is 23.2. The number of aliphatic hydroxyl groups is 2. The van der Waals surface area contributed by atoms with Gasteiger partial charge in [-0.05, 0) is 0 Å². The Hall–Kier alpha value is -0.800. The molecule has 0 radical (unpaired) electrons. The summed E-state index contributed by atoms with van der Waals surface area (Å²) in [5.74, 6) is 0. The van der Waals surface area contributed by atoms with Crippen LogP contribution in [0.4, 0.5) is 0 Å². The fourth-order valence-corrected chi connectivity index (χ4v) is 2.54. The van der Waals surface area contributed by atoms with Crippen molar-refractivity contribution < 1.29 is 66.5 Å². The van der Waals surface area contributed by atoms with E-state index in [4.69, 9.17) is 18.8 Å². The van der Waals surface area contributed by atoms with Crippen LogP contribution in [0.5, 0.6) is 0 Å². The molecule has 0 aromatic carbocycles. The molecule has 144 valence electrons. The van der Waals surface area contributed by atoms with E-state index in [1.54, 1.807) is 0 Å². The summed E-state index contributed by atoms with van der Waals surface area (Å²) in [7, 11) is -16.2. The zero-order valence-electron chi connectivity index (χ0n) is 11.1. The Morgan fingerprint density at radius 1 is 0.833 bits per heavy atom. The van der Waals surface area contributed by atoms with Crippen molar-refractivity contribution in [1.29, 1.82) is 0 Å². The summed E-state index contributed by atoms with van der Waals surface area (Å²) in [5, 5.41) is 18.7. The second-order valence-electron chi connectivity index (χ2n) is 3.88. The molecular weight excluding hydrogens is 408 g/mol. The average molecular weight is 420 g/mol. The summed E-state index contributed by atoms with van der Waals surface area (Å²) in [4.78, 5) is 10.4. The third kappa shape index (κ3) is 10.1. The normalized spacial score (nSPS) is 18.5. The number of aliphatic hydroxyl groups excluding tert-OH is 2. The first-order chi connectivity index (χ1) is 10.6. The van der Waals surface area contributed by atoms with Crippen LogP contribution in [0.2, 0.25) is 0 Å². The SMILES string of the molecule is O=C[C@H](O)[C@@H](O)[C@@H](OS(=O)(=O)O)[C@@H](COS(=O)(=O)O)OS(=O)(=O)O. The number of carbonyl (C=O) groups is 1. The molecule has 0 aliphatic rings. The molecule has 4 atom stereocenters. The molecule has 0 rings (SSSR count). The molecule has 0 bridgehead atoms. The van der Waals surface area contributed by atoms with Gasteiger partial charge >= 0.3 is 31.2 Å². The van der Waals surface area contributed by atoms with Gasteiger partial charge in [0.15, 0.2) is 6.29 Å². The zero-order chi connectivity index (χ0) is 19.3. The van der Waals surface area contributed by atoms with Crippen molar-refractivity contribution in [3.8, 4) is 0 Å². The van der Waals surface area contributed by atoms with Gasteiger partial charge in [0.2, 0.25) is 0 Å². The van der Waals surface area contributed by atoms with Gasteiger partial charge in [-0.15, -0.1) is 0 Å². The van der Waals surface area contributed by atoms with Gasteiger partial charge < -0.3 is 15.0 Å². The minimum atomic E-state index is -5.48. The molecule has 0 unspecified atom stereocenters. The lowest BCUT2D eigenvalue weighted by Crippen LogP contribution is -2.51. The van der Waals surface area contributed by atoms with Gasteiger partial charge in [0.25, 0.3) is 0 Å². The summed E-state index contributed by atoms with van der Waals surface area (Å²) in [6.45, 7) is -1.60. The predicted octanol–water partition coefficient (Wildman–Crippen LogP) is -3.90. The second kappa shape index (κ2) is 8.53. The molecular formula is C6H12O15S3. The summed E-state index contributed by atoms with van der Waals surface area (Å²) in [6, 6.07) is 0. The van der Waals surface area contributed by atoms with Crippen LogP contribution in [0.1, 0.15) is 0 Å². The third-order valence-corrected chi connectivity index (χ3v) is 3.44. The quantitative estimate of drug-likeness (QED) is 0.158. The van der Waals surface area contributed by atoms with Crippen molar-refractivity contribution in [2.24, 2.45) is 0 Å². The third-order valence-electron chi connectivity index (χ3n) is 2.05. The van der Waals surface area contributed by atoms with Crippen LogP contribution in [0.15, 0.2) is 0 Å². The van der Waals surface area contributed by atoms with Gasteiger partial charge in [-0.1, -0.05) is 0 Å². The summed E-state index contributed by atoms with van der Waals surface area (Å²) < 4.78 is 100. The van der Waals surface area contributed by atoms with Gasteiger partial charge in [-0.3, -0.25) is 13.7 Å². The highest BCUT2D eigenvalue weighted by Crippen LogP contribution is 2.17. The number of rotatable bonds is 11. The number of aldehydes is 1. The van der Waals surface area contributed by atoms with E-state index in [0.29, 0.717) is 0 Å². The lowest BCUT2D eigenvalue weighted by Gasteiger charge is -2.28. The molecule has 0 aromatic heterocycles. The average Bonchev–Trinajstić information content (AvgIpc) is 2.36. The Morgan fingerprint density at radius 3 is 1.62 bits per heavy atom. The van der Waals surface area contributed by atoms with E-state index in [1.807, 2.05) is 0 Å². The predicted molar refractivity (Wildman–Crippen MR) is 68.4 cm³/mol. The van der Waals surface area contributed by atoms with E-state index in [-0.39, 0.29) is 6.29 Å². The highest BCUT2D eigenvalue weighted by atomic mass is 32.3. The Morgan fingerprint density at radius 2 is 1.29 bits per heavy atom. The molecule has 0 aliphatic carbocycles. The van der Waals surface area contributed by atoms with Gasteiger partial charge in [0, 0.05) is 0 Å². The Balaban J connectivity index is 5.79. The van der Waals surface area contributed by atoms with E-state index in [0.717, 1.165) is 0 Å². The Labute approximate surface area is 135 Å². The van der Waals surface area contributed by atoms with Crippen LogP contribution in [-0.4, -0.2) is 86.4 Å². The first-order valence-corrected chi connectivity index (χ1v) is 9.40. The van der Waals surface area contributed by atoms with Crippen molar-refractivity contribution in [1.82, 2.24) is 0 Å². The number of hydrogen-bond donors (Lipinski definition) is 5. The molecule has 5 N–H and O–H groups in total. The minimum Gasteiger partial charge on any atom is -0.387 e. The van der Waals surface area contributed by atoms with E-state index in [2.05, 4.69) is 12.5 Å². The van der Waals surface area contributed by atoms with Gasteiger partial charge in [0.05, 0.1) is 6.61 Å². The molecule has 0 aliphatic heterocycles. The molecule has 0 aromatic rings. The molecule has 0 spiro atoms. The van der Waals surface area contributed by atoms with Crippen molar-refractivity contribution >= 4 is 37.5 Å². The number of hydrogen-bond acceptors (Lipinski definition) is 12. The summed E-state index contributed by atoms with van der Waals surface area (Å²) in [5.41, 5.74) is 0. The van der Waals surface area contributed by atoms with Crippen LogP contribution < -0.4 is 0 Å². The maximum atomic E-state index is 10.7. The maximum absolute atomic E-state index is 10.7. The zero-order valence-corrected chi connectivity index (χ0v) is 13.6. The highest BCUT2D eigenvalue weighted by Gasteiger charge is 2.41. The lowest BCUT2D eigenvalue weighted by molar-refractivity contribution is -0.130. The van der Waals surface area contributed by atoms with Gasteiger partial charge in [-0.25, -0.2) is 12.5 Å². The van der Waals surface area contributed by atoms with Gasteiger partial charge in [0.1, 0.15) is 24.4 Å². The largest absolute Gasteiger partial charge is 0.397 e. The van der Waals surface area contributed by atoms with Crippen LogP contribution in [0.25, 0.3) is 0 Å². The van der Waals surface area contributed by atoms with Crippen LogP contribution in [0.3, 0.4) is 0 Å². The van der Waals surface area contributed by atoms with E-state index >= 15 is 0 Å². The molecule has 0 heterocycles. The topological polar surface area (TPSA) is 248 Å². The fourth-order valence-electron chi connectivity index (χ4n) is 1.24. The van der Waals surface area contributed by atoms with Crippen molar-refractivity contribution in [2.75, 3.05) is 6.61 Å².